The number of carboxylic acid groups (broad SMARTS) is 1. The standard InChI is InChI=1S/C14H11BrFNO3/c15-9-1-4-12(16)8(5-9)7-20-10-2-3-11(14(18)19)13(17)6-10/h1-6H,7,17H2,(H,18,19). The molecule has 0 bridgehead atoms. The third-order valence-corrected chi connectivity index (χ3v) is 3.15. The van der Waals surface area contributed by atoms with Crippen molar-refractivity contribution in [2.45, 2.75) is 6.61 Å². The smallest absolute Gasteiger partial charge is 0.337 e. The molecule has 6 heteroatoms. The molecular weight excluding hydrogens is 329 g/mol. The van der Waals surface area contributed by atoms with Crippen molar-refractivity contribution >= 4 is 27.6 Å². The van der Waals surface area contributed by atoms with Crippen molar-refractivity contribution in [3.8, 4) is 5.75 Å². The Labute approximate surface area is 123 Å². The molecule has 0 aliphatic rings. The highest BCUT2D eigenvalue weighted by atomic mass is 79.9. The van der Waals surface area contributed by atoms with E-state index < -0.39 is 5.97 Å². The van der Waals surface area contributed by atoms with Gasteiger partial charge in [-0.2, -0.15) is 0 Å². The van der Waals surface area contributed by atoms with Gasteiger partial charge >= 0.3 is 5.97 Å². The average molecular weight is 340 g/mol. The van der Waals surface area contributed by atoms with E-state index in [-0.39, 0.29) is 23.7 Å². The lowest BCUT2D eigenvalue weighted by atomic mass is 10.2. The molecule has 0 fully saturated rings. The maximum atomic E-state index is 13.5. The summed E-state index contributed by atoms with van der Waals surface area (Å²) >= 11 is 3.25. The van der Waals surface area contributed by atoms with E-state index in [9.17, 15) is 9.18 Å². The van der Waals surface area contributed by atoms with Gasteiger partial charge in [0.1, 0.15) is 18.2 Å². The molecule has 104 valence electrons. The Balaban J connectivity index is 2.13. The Hall–Kier alpha value is -2.08. The lowest BCUT2D eigenvalue weighted by molar-refractivity contribution is 0.0698. The van der Waals surface area contributed by atoms with Crippen molar-refractivity contribution in [3.63, 3.8) is 0 Å². The topological polar surface area (TPSA) is 72.5 Å². The summed E-state index contributed by atoms with van der Waals surface area (Å²) in [5, 5.41) is 8.86. The van der Waals surface area contributed by atoms with Crippen LogP contribution in [-0.4, -0.2) is 11.1 Å². The Bertz CT molecular complexity index is 661. The molecule has 0 aliphatic carbocycles. The molecule has 0 unspecified atom stereocenters. The van der Waals surface area contributed by atoms with E-state index in [2.05, 4.69) is 15.9 Å². The predicted octanol–water partition coefficient (Wildman–Crippen LogP) is 3.45. The number of anilines is 1. The number of rotatable bonds is 4. The first-order valence-corrected chi connectivity index (χ1v) is 6.46. The Morgan fingerprint density at radius 1 is 1.30 bits per heavy atom. The summed E-state index contributed by atoms with van der Waals surface area (Å²) in [6.45, 7) is 0.0249. The number of aromatic carboxylic acids is 1. The first kappa shape index (κ1) is 14.3. The van der Waals surface area contributed by atoms with Crippen LogP contribution in [0.4, 0.5) is 10.1 Å². The Morgan fingerprint density at radius 2 is 2.05 bits per heavy atom. The van der Waals surface area contributed by atoms with Crippen LogP contribution in [0.2, 0.25) is 0 Å². The van der Waals surface area contributed by atoms with Crippen LogP contribution in [0.25, 0.3) is 0 Å². The summed E-state index contributed by atoms with van der Waals surface area (Å²) in [6.07, 6.45) is 0. The molecule has 0 saturated carbocycles. The van der Waals surface area contributed by atoms with Gasteiger partial charge in [-0.15, -0.1) is 0 Å². The van der Waals surface area contributed by atoms with Crippen LogP contribution in [0.5, 0.6) is 5.75 Å². The number of nitrogen functional groups attached to an aromatic ring is 1. The number of carbonyl (C=O) groups is 1. The monoisotopic (exact) mass is 339 g/mol. The van der Waals surface area contributed by atoms with Crippen LogP contribution in [0.1, 0.15) is 15.9 Å². The van der Waals surface area contributed by atoms with Gasteiger partial charge in [0.2, 0.25) is 0 Å². The second-order valence-corrected chi connectivity index (χ2v) is 4.99. The third kappa shape index (κ3) is 3.27. The SMILES string of the molecule is Nc1cc(OCc2cc(Br)ccc2F)ccc1C(=O)O. The Kier molecular flexibility index (Phi) is 4.24. The van der Waals surface area contributed by atoms with Crippen LogP contribution in [0.15, 0.2) is 40.9 Å². The fourth-order valence-electron chi connectivity index (χ4n) is 1.64. The van der Waals surface area contributed by atoms with Crippen molar-refractivity contribution < 1.29 is 19.0 Å². The summed E-state index contributed by atoms with van der Waals surface area (Å²) in [4.78, 5) is 10.8. The molecule has 0 heterocycles. The molecule has 3 N–H and O–H groups in total. The summed E-state index contributed by atoms with van der Waals surface area (Å²) in [6, 6.07) is 8.78. The summed E-state index contributed by atoms with van der Waals surface area (Å²) in [5.41, 5.74) is 6.10. The van der Waals surface area contributed by atoms with E-state index in [1.807, 2.05) is 0 Å². The minimum absolute atomic E-state index is 0.00554. The predicted molar refractivity (Wildman–Crippen MR) is 76.2 cm³/mol. The van der Waals surface area contributed by atoms with Gasteiger partial charge in [-0.25, -0.2) is 9.18 Å². The number of benzene rings is 2. The fraction of sp³-hybridized carbons (Fsp3) is 0.0714. The fourth-order valence-corrected chi connectivity index (χ4v) is 2.05. The van der Waals surface area contributed by atoms with E-state index in [0.717, 1.165) is 4.47 Å². The molecule has 20 heavy (non-hydrogen) atoms. The van der Waals surface area contributed by atoms with Gasteiger partial charge in [0.05, 0.1) is 5.56 Å². The number of carboxylic acids is 1. The quantitative estimate of drug-likeness (QED) is 0.837. The summed E-state index contributed by atoms with van der Waals surface area (Å²) in [5.74, 6) is -1.10. The molecule has 2 aromatic carbocycles. The maximum Gasteiger partial charge on any atom is 0.337 e. The van der Waals surface area contributed by atoms with Crippen LogP contribution >= 0.6 is 15.9 Å². The third-order valence-electron chi connectivity index (χ3n) is 2.66. The molecule has 4 nitrogen and oxygen atoms in total. The average Bonchev–Trinajstić information content (AvgIpc) is 2.39. The second-order valence-electron chi connectivity index (χ2n) is 4.08. The molecule has 0 amide bonds. The lowest BCUT2D eigenvalue weighted by Crippen LogP contribution is -2.03. The van der Waals surface area contributed by atoms with Crippen molar-refractivity contribution in [2.24, 2.45) is 0 Å². The highest BCUT2D eigenvalue weighted by Gasteiger charge is 2.09. The van der Waals surface area contributed by atoms with Gasteiger partial charge in [0, 0.05) is 21.8 Å². The number of hydrogen-bond acceptors (Lipinski definition) is 3. The zero-order valence-corrected chi connectivity index (χ0v) is 11.9. The van der Waals surface area contributed by atoms with Crippen LogP contribution < -0.4 is 10.5 Å². The minimum atomic E-state index is -1.10. The van der Waals surface area contributed by atoms with Gasteiger partial charge in [-0.05, 0) is 30.3 Å². The first-order chi connectivity index (χ1) is 9.47. The molecule has 0 radical (unpaired) electrons. The zero-order chi connectivity index (χ0) is 14.7. The van der Waals surface area contributed by atoms with Crippen LogP contribution in [0.3, 0.4) is 0 Å². The minimum Gasteiger partial charge on any atom is -0.489 e. The van der Waals surface area contributed by atoms with Crippen molar-refractivity contribution in [2.75, 3.05) is 5.73 Å². The molecule has 2 rings (SSSR count). The van der Waals surface area contributed by atoms with E-state index in [0.29, 0.717) is 11.3 Å². The summed E-state index contributed by atoms with van der Waals surface area (Å²) < 4.78 is 19.7. The molecule has 0 spiro atoms. The molecule has 0 atom stereocenters. The van der Waals surface area contributed by atoms with Crippen molar-refractivity contribution in [1.29, 1.82) is 0 Å². The molecule has 0 aromatic heterocycles. The largest absolute Gasteiger partial charge is 0.489 e. The van der Waals surface area contributed by atoms with Gasteiger partial charge in [0.15, 0.2) is 0 Å². The van der Waals surface area contributed by atoms with Gasteiger partial charge in [-0.3, -0.25) is 0 Å². The molecule has 2 aromatic rings. The number of nitrogens with two attached hydrogens (primary N) is 1. The van der Waals surface area contributed by atoms with Crippen LogP contribution in [0, 0.1) is 5.82 Å². The molecule has 0 saturated heterocycles. The van der Waals surface area contributed by atoms with Gasteiger partial charge in [0.25, 0.3) is 0 Å². The van der Waals surface area contributed by atoms with Crippen molar-refractivity contribution in [1.82, 2.24) is 0 Å². The van der Waals surface area contributed by atoms with Gasteiger partial charge < -0.3 is 15.6 Å². The van der Waals surface area contributed by atoms with E-state index >= 15 is 0 Å². The van der Waals surface area contributed by atoms with E-state index in [4.69, 9.17) is 15.6 Å². The van der Waals surface area contributed by atoms with E-state index in [1.54, 1.807) is 12.1 Å². The summed E-state index contributed by atoms with van der Waals surface area (Å²) in [7, 11) is 0. The molecule has 0 aliphatic heterocycles. The number of ether oxygens (including phenoxy) is 1. The molecular formula is C14H11BrFNO3. The first-order valence-electron chi connectivity index (χ1n) is 5.67. The number of halogens is 2. The highest BCUT2D eigenvalue weighted by molar-refractivity contribution is 9.10. The zero-order valence-electron chi connectivity index (χ0n) is 10.3. The highest BCUT2D eigenvalue weighted by Crippen LogP contribution is 2.22. The Morgan fingerprint density at radius 3 is 2.70 bits per heavy atom. The van der Waals surface area contributed by atoms with Gasteiger partial charge in [-0.1, -0.05) is 15.9 Å². The second kappa shape index (κ2) is 5.92. The van der Waals surface area contributed by atoms with Crippen molar-refractivity contribution in [3.05, 3.63) is 57.8 Å². The number of hydrogen-bond donors (Lipinski definition) is 2. The lowest BCUT2D eigenvalue weighted by Gasteiger charge is -2.09. The van der Waals surface area contributed by atoms with E-state index in [1.165, 1.54) is 24.3 Å². The maximum absolute atomic E-state index is 13.5. The normalized spacial score (nSPS) is 10.3. The van der Waals surface area contributed by atoms with Crippen LogP contribution in [-0.2, 0) is 6.61 Å².